The number of hydrogen-bond donors (Lipinski definition) is 2. The molecule has 4 N–H and O–H groups in total. The van der Waals surface area contributed by atoms with Crippen LogP contribution in [0.4, 0.5) is 11.4 Å². The third-order valence-corrected chi connectivity index (χ3v) is 6.33. The molecule has 0 spiro atoms. The fourth-order valence-corrected chi connectivity index (χ4v) is 5.13. The maximum Gasteiger partial charge on any atom is 0.0316 e. The molecule has 0 fully saturated rings. The largest absolute Gasteiger partial charge is 0.399 e. The van der Waals surface area contributed by atoms with Gasteiger partial charge in [-0.05, 0) is 66.6 Å². The lowest BCUT2D eigenvalue weighted by molar-refractivity contribution is 0.208. The van der Waals surface area contributed by atoms with Gasteiger partial charge in [0.25, 0.3) is 0 Å². The Morgan fingerprint density at radius 1 is 0.826 bits per heavy atom. The summed E-state index contributed by atoms with van der Waals surface area (Å²) in [5.41, 5.74) is 18.3. The van der Waals surface area contributed by atoms with E-state index in [0.717, 1.165) is 37.1 Å². The molecule has 23 heavy (non-hydrogen) atoms. The van der Waals surface area contributed by atoms with Gasteiger partial charge in [0.1, 0.15) is 0 Å². The molecule has 0 aliphatic heterocycles. The van der Waals surface area contributed by atoms with Crippen LogP contribution in [0, 0.1) is 0 Å². The Morgan fingerprint density at radius 3 is 2.00 bits per heavy atom. The molecular formula is C21H28N2. The third-order valence-electron chi connectivity index (χ3n) is 6.33. The molecule has 0 saturated heterocycles. The number of rotatable bonds is 4. The van der Waals surface area contributed by atoms with E-state index in [9.17, 15) is 0 Å². The van der Waals surface area contributed by atoms with Gasteiger partial charge in [0, 0.05) is 22.2 Å². The van der Waals surface area contributed by atoms with Crippen molar-refractivity contribution in [2.24, 2.45) is 0 Å². The lowest BCUT2D eigenvalue weighted by atomic mass is 9.56. The highest BCUT2D eigenvalue weighted by Gasteiger charge is 2.55. The molecule has 0 aromatic heterocycles. The zero-order valence-electron chi connectivity index (χ0n) is 14.5. The standard InChI is InChI=1S/C21H28N2/c1-4-20(5-2)19-12-11-18(23)13-15(19)14-21(20,6-3)16-7-9-17(22)10-8-16/h7-13H,4-6,14,22-23H2,1-3H3. The zero-order valence-corrected chi connectivity index (χ0v) is 14.5. The second kappa shape index (κ2) is 5.59. The Bertz CT molecular complexity index is 698. The first-order valence-electron chi connectivity index (χ1n) is 8.78. The summed E-state index contributed by atoms with van der Waals surface area (Å²) in [5.74, 6) is 0. The molecule has 2 heteroatoms. The van der Waals surface area contributed by atoms with Crippen LogP contribution in [-0.4, -0.2) is 0 Å². The molecule has 1 aliphatic rings. The van der Waals surface area contributed by atoms with Crippen LogP contribution >= 0.6 is 0 Å². The molecule has 1 unspecified atom stereocenters. The maximum absolute atomic E-state index is 6.07. The minimum atomic E-state index is 0.125. The normalized spacial score (nSPS) is 22.0. The van der Waals surface area contributed by atoms with E-state index in [2.05, 4.69) is 51.1 Å². The lowest BCUT2D eigenvalue weighted by Gasteiger charge is -2.46. The predicted molar refractivity (Wildman–Crippen MR) is 99.6 cm³/mol. The van der Waals surface area contributed by atoms with Crippen LogP contribution in [0.5, 0.6) is 0 Å². The molecule has 0 radical (unpaired) electrons. The van der Waals surface area contributed by atoms with Crippen molar-refractivity contribution in [2.75, 3.05) is 11.5 Å². The molecule has 2 aromatic carbocycles. The fourth-order valence-electron chi connectivity index (χ4n) is 5.13. The Balaban J connectivity index is 2.26. The first-order chi connectivity index (χ1) is 11.0. The third kappa shape index (κ3) is 2.08. The maximum atomic E-state index is 6.07. The molecule has 3 rings (SSSR count). The molecule has 2 nitrogen and oxygen atoms in total. The van der Waals surface area contributed by atoms with E-state index in [1.54, 1.807) is 0 Å². The summed E-state index contributed by atoms with van der Waals surface area (Å²) in [5, 5.41) is 0. The van der Waals surface area contributed by atoms with Crippen molar-refractivity contribution in [3.05, 3.63) is 59.2 Å². The van der Waals surface area contributed by atoms with E-state index in [1.165, 1.54) is 16.7 Å². The molecule has 1 aliphatic carbocycles. The van der Waals surface area contributed by atoms with Crippen LogP contribution in [0.25, 0.3) is 0 Å². The van der Waals surface area contributed by atoms with E-state index in [4.69, 9.17) is 11.5 Å². The Hall–Kier alpha value is -1.96. The quantitative estimate of drug-likeness (QED) is 0.796. The fraction of sp³-hybridized carbons (Fsp3) is 0.429. The average molecular weight is 308 g/mol. The van der Waals surface area contributed by atoms with Crippen molar-refractivity contribution in [3.8, 4) is 0 Å². The van der Waals surface area contributed by atoms with Crippen LogP contribution in [-0.2, 0) is 17.3 Å². The SMILES string of the molecule is CCC1(c2ccc(N)cc2)Cc2cc(N)ccc2C1(CC)CC. The Labute approximate surface area is 139 Å². The highest BCUT2D eigenvalue weighted by Crippen LogP contribution is 2.58. The van der Waals surface area contributed by atoms with Gasteiger partial charge in [0.05, 0.1) is 0 Å². The summed E-state index contributed by atoms with van der Waals surface area (Å²) in [7, 11) is 0. The Morgan fingerprint density at radius 2 is 1.43 bits per heavy atom. The van der Waals surface area contributed by atoms with Crippen LogP contribution in [0.15, 0.2) is 42.5 Å². The number of benzene rings is 2. The smallest absolute Gasteiger partial charge is 0.0316 e. The van der Waals surface area contributed by atoms with Gasteiger partial charge in [0.2, 0.25) is 0 Å². The van der Waals surface area contributed by atoms with Crippen molar-refractivity contribution in [2.45, 2.75) is 57.3 Å². The van der Waals surface area contributed by atoms with E-state index in [0.29, 0.717) is 0 Å². The molecule has 0 heterocycles. The molecule has 2 aromatic rings. The number of nitrogens with two attached hydrogens (primary N) is 2. The van der Waals surface area contributed by atoms with Crippen molar-refractivity contribution in [1.82, 2.24) is 0 Å². The second-order valence-corrected chi connectivity index (χ2v) is 6.94. The zero-order chi connectivity index (χ0) is 16.7. The van der Waals surface area contributed by atoms with E-state index in [1.807, 2.05) is 12.1 Å². The van der Waals surface area contributed by atoms with Crippen molar-refractivity contribution < 1.29 is 0 Å². The van der Waals surface area contributed by atoms with Gasteiger partial charge in [0.15, 0.2) is 0 Å². The summed E-state index contributed by atoms with van der Waals surface area (Å²) in [6.45, 7) is 6.99. The monoisotopic (exact) mass is 308 g/mol. The summed E-state index contributed by atoms with van der Waals surface area (Å²) in [6, 6.07) is 15.1. The topological polar surface area (TPSA) is 52.0 Å². The molecule has 122 valence electrons. The molecular weight excluding hydrogens is 280 g/mol. The van der Waals surface area contributed by atoms with Gasteiger partial charge in [-0.25, -0.2) is 0 Å². The van der Waals surface area contributed by atoms with Crippen LogP contribution in [0.1, 0.15) is 56.7 Å². The molecule has 0 saturated carbocycles. The van der Waals surface area contributed by atoms with Gasteiger partial charge in [-0.15, -0.1) is 0 Å². The average Bonchev–Trinajstić information content (AvgIpc) is 2.85. The van der Waals surface area contributed by atoms with Gasteiger partial charge in [-0.3, -0.25) is 0 Å². The number of fused-ring (bicyclic) bond motifs is 1. The van der Waals surface area contributed by atoms with E-state index in [-0.39, 0.29) is 10.8 Å². The predicted octanol–water partition coefficient (Wildman–Crippen LogP) is 4.81. The lowest BCUT2D eigenvalue weighted by Crippen LogP contribution is -2.45. The number of anilines is 2. The summed E-state index contributed by atoms with van der Waals surface area (Å²) < 4.78 is 0. The van der Waals surface area contributed by atoms with Crippen LogP contribution in [0.3, 0.4) is 0 Å². The number of hydrogen-bond acceptors (Lipinski definition) is 2. The first kappa shape index (κ1) is 15.9. The molecule has 0 bridgehead atoms. The summed E-state index contributed by atoms with van der Waals surface area (Å²) in [6.07, 6.45) is 4.46. The Kier molecular flexibility index (Phi) is 3.87. The van der Waals surface area contributed by atoms with Crippen molar-refractivity contribution in [3.63, 3.8) is 0 Å². The highest BCUT2D eigenvalue weighted by atomic mass is 14.6. The van der Waals surface area contributed by atoms with Crippen LogP contribution in [0.2, 0.25) is 0 Å². The minimum absolute atomic E-state index is 0.125. The highest BCUT2D eigenvalue weighted by molar-refractivity contribution is 5.56. The van der Waals surface area contributed by atoms with E-state index < -0.39 is 0 Å². The molecule has 0 amide bonds. The first-order valence-corrected chi connectivity index (χ1v) is 8.78. The number of nitrogen functional groups attached to an aromatic ring is 2. The van der Waals surface area contributed by atoms with Gasteiger partial charge < -0.3 is 11.5 Å². The van der Waals surface area contributed by atoms with Crippen molar-refractivity contribution in [1.29, 1.82) is 0 Å². The summed E-state index contributed by atoms with van der Waals surface area (Å²) in [4.78, 5) is 0. The van der Waals surface area contributed by atoms with Gasteiger partial charge in [-0.2, -0.15) is 0 Å². The summed E-state index contributed by atoms with van der Waals surface area (Å²) >= 11 is 0. The van der Waals surface area contributed by atoms with Gasteiger partial charge in [-0.1, -0.05) is 39.0 Å². The van der Waals surface area contributed by atoms with Crippen molar-refractivity contribution >= 4 is 11.4 Å². The minimum Gasteiger partial charge on any atom is -0.399 e. The molecule has 1 atom stereocenters. The second-order valence-electron chi connectivity index (χ2n) is 6.94. The van der Waals surface area contributed by atoms with Crippen LogP contribution < -0.4 is 11.5 Å². The van der Waals surface area contributed by atoms with E-state index >= 15 is 0 Å². The van der Waals surface area contributed by atoms with Gasteiger partial charge >= 0.3 is 0 Å².